The lowest BCUT2D eigenvalue weighted by Gasteiger charge is -2.46. The molecule has 3 heterocycles. The van der Waals surface area contributed by atoms with E-state index in [0.717, 1.165) is 18.1 Å². The van der Waals surface area contributed by atoms with E-state index in [4.69, 9.17) is 14.6 Å². The number of rotatable bonds is 5. The Morgan fingerprint density at radius 3 is 2.56 bits per heavy atom. The quantitative estimate of drug-likeness (QED) is 0.717. The fourth-order valence-corrected chi connectivity index (χ4v) is 5.02. The van der Waals surface area contributed by atoms with Crippen molar-refractivity contribution in [3.8, 4) is 11.5 Å². The number of carbonyl (C=O) groups excluding carboxylic acids is 2. The Morgan fingerprint density at radius 1 is 1.16 bits per heavy atom. The number of anilines is 1. The van der Waals surface area contributed by atoms with E-state index in [9.17, 15) is 9.59 Å². The number of amides is 2. The number of piperidine rings is 1. The average molecular weight is 439 g/mol. The Morgan fingerprint density at radius 2 is 1.91 bits per heavy atom. The Balaban J connectivity index is 1.36. The number of nitrogens with zero attached hydrogens (tertiary/aromatic N) is 4. The van der Waals surface area contributed by atoms with Crippen molar-refractivity contribution in [2.75, 3.05) is 38.8 Å². The fourth-order valence-electron chi connectivity index (χ4n) is 5.02. The Hall–Kier alpha value is -3.03. The van der Waals surface area contributed by atoms with Gasteiger partial charge >= 0.3 is 0 Å². The number of carbonyl (C=O) groups is 2. The molecule has 0 atom stereocenters. The van der Waals surface area contributed by atoms with Crippen molar-refractivity contribution >= 4 is 17.6 Å². The van der Waals surface area contributed by atoms with Crippen LogP contribution in [0.4, 0.5) is 5.82 Å². The second kappa shape index (κ2) is 7.83. The Kier molecular flexibility index (Phi) is 5.10. The van der Waals surface area contributed by atoms with E-state index in [1.54, 1.807) is 32.4 Å². The minimum atomic E-state index is -0.360. The maximum atomic E-state index is 13.3. The zero-order valence-electron chi connectivity index (χ0n) is 19.0. The molecule has 0 bridgehead atoms. The predicted octanol–water partition coefficient (Wildman–Crippen LogP) is 2.99. The molecule has 3 aliphatic rings. The van der Waals surface area contributed by atoms with E-state index in [1.807, 2.05) is 22.8 Å². The van der Waals surface area contributed by atoms with Crippen LogP contribution in [0.3, 0.4) is 0 Å². The van der Waals surface area contributed by atoms with E-state index in [1.165, 1.54) is 12.8 Å². The first-order valence-corrected chi connectivity index (χ1v) is 11.3. The van der Waals surface area contributed by atoms with Gasteiger partial charge in [0.2, 0.25) is 5.91 Å². The highest BCUT2D eigenvalue weighted by Crippen LogP contribution is 2.43. The normalized spacial score (nSPS) is 19.8. The molecule has 1 aliphatic carbocycles. The summed E-state index contributed by atoms with van der Waals surface area (Å²) in [6, 6.07) is 7.28. The highest BCUT2D eigenvalue weighted by atomic mass is 16.5. The maximum Gasteiger partial charge on any atom is 0.257 e. The molecule has 1 aromatic carbocycles. The van der Waals surface area contributed by atoms with Gasteiger partial charge in [-0.15, -0.1) is 0 Å². The maximum absolute atomic E-state index is 13.3. The molecule has 1 spiro atoms. The summed E-state index contributed by atoms with van der Waals surface area (Å²) in [6.45, 7) is 3.92. The molecule has 2 amide bonds. The van der Waals surface area contributed by atoms with Crippen LogP contribution >= 0.6 is 0 Å². The molecule has 0 radical (unpaired) electrons. The SMILES string of the molecule is COc1ccc(C(=O)N2CCC3(CC2)CC(=O)N(CC2CC2)c2cc(C)nn23)c(OC)c1. The second-order valence-corrected chi connectivity index (χ2v) is 9.26. The monoisotopic (exact) mass is 438 g/mol. The molecule has 8 heteroatoms. The van der Waals surface area contributed by atoms with E-state index < -0.39 is 0 Å². The molecule has 2 aliphatic heterocycles. The molecule has 5 rings (SSSR count). The zero-order valence-corrected chi connectivity index (χ0v) is 19.0. The number of aryl methyl sites for hydroxylation is 1. The third kappa shape index (κ3) is 3.51. The van der Waals surface area contributed by atoms with Crippen molar-refractivity contribution in [1.82, 2.24) is 14.7 Å². The lowest BCUT2D eigenvalue weighted by Crippen LogP contribution is -2.55. The summed E-state index contributed by atoms with van der Waals surface area (Å²) < 4.78 is 12.8. The van der Waals surface area contributed by atoms with E-state index in [-0.39, 0.29) is 17.4 Å². The van der Waals surface area contributed by atoms with Gasteiger partial charge in [0.15, 0.2) is 0 Å². The predicted molar refractivity (Wildman–Crippen MR) is 119 cm³/mol. The molecule has 2 fully saturated rings. The van der Waals surface area contributed by atoms with Gasteiger partial charge in [-0.05, 0) is 50.7 Å². The first kappa shape index (κ1) is 20.8. The van der Waals surface area contributed by atoms with Gasteiger partial charge in [0, 0.05) is 31.8 Å². The molecule has 32 heavy (non-hydrogen) atoms. The van der Waals surface area contributed by atoms with E-state index in [0.29, 0.717) is 55.3 Å². The van der Waals surface area contributed by atoms with Crippen LogP contribution in [0.5, 0.6) is 11.5 Å². The van der Waals surface area contributed by atoms with Gasteiger partial charge in [0.25, 0.3) is 5.91 Å². The molecular weight excluding hydrogens is 408 g/mol. The lowest BCUT2D eigenvalue weighted by molar-refractivity contribution is -0.122. The number of ether oxygens (including phenoxy) is 2. The molecule has 1 saturated carbocycles. The number of methoxy groups -OCH3 is 2. The van der Waals surface area contributed by atoms with Crippen molar-refractivity contribution in [3.05, 3.63) is 35.5 Å². The van der Waals surface area contributed by atoms with Crippen molar-refractivity contribution in [2.45, 2.75) is 44.6 Å². The minimum absolute atomic E-state index is 0.0614. The van der Waals surface area contributed by atoms with E-state index in [2.05, 4.69) is 4.68 Å². The summed E-state index contributed by atoms with van der Waals surface area (Å²) in [6.07, 6.45) is 4.26. The minimum Gasteiger partial charge on any atom is -0.497 e. The third-order valence-corrected chi connectivity index (χ3v) is 7.08. The van der Waals surface area contributed by atoms with Crippen LogP contribution in [-0.4, -0.2) is 60.3 Å². The number of benzene rings is 1. The highest BCUT2D eigenvalue weighted by molar-refractivity contribution is 5.97. The summed E-state index contributed by atoms with van der Waals surface area (Å²) in [5, 5.41) is 4.80. The lowest BCUT2D eigenvalue weighted by atomic mass is 9.82. The van der Waals surface area contributed by atoms with Gasteiger partial charge in [-0.3, -0.25) is 14.5 Å². The number of aromatic nitrogens is 2. The first-order valence-electron chi connectivity index (χ1n) is 11.3. The molecule has 1 aromatic heterocycles. The Labute approximate surface area is 188 Å². The van der Waals surface area contributed by atoms with Crippen molar-refractivity contribution < 1.29 is 19.1 Å². The molecule has 1 saturated heterocycles. The van der Waals surface area contributed by atoms with Gasteiger partial charge in [0.1, 0.15) is 17.3 Å². The van der Waals surface area contributed by atoms with Crippen LogP contribution in [-0.2, 0) is 10.3 Å². The topological polar surface area (TPSA) is 76.9 Å². The molecule has 2 aromatic rings. The van der Waals surface area contributed by atoms with Crippen molar-refractivity contribution in [3.63, 3.8) is 0 Å². The van der Waals surface area contributed by atoms with Gasteiger partial charge in [-0.1, -0.05) is 0 Å². The van der Waals surface area contributed by atoms with Gasteiger partial charge in [-0.2, -0.15) is 5.10 Å². The molecule has 170 valence electrons. The van der Waals surface area contributed by atoms with Crippen molar-refractivity contribution in [1.29, 1.82) is 0 Å². The largest absolute Gasteiger partial charge is 0.497 e. The number of hydrogen-bond acceptors (Lipinski definition) is 5. The zero-order chi connectivity index (χ0) is 22.5. The summed E-state index contributed by atoms with van der Waals surface area (Å²) in [7, 11) is 3.14. The third-order valence-electron chi connectivity index (χ3n) is 7.08. The fraction of sp³-hybridized carbons (Fsp3) is 0.542. The summed E-state index contributed by atoms with van der Waals surface area (Å²) in [4.78, 5) is 30.2. The summed E-state index contributed by atoms with van der Waals surface area (Å²) in [5.41, 5.74) is 1.09. The number of likely N-dealkylation sites (tertiary alicyclic amines) is 1. The van der Waals surface area contributed by atoms with Gasteiger partial charge in [-0.25, -0.2) is 4.68 Å². The smallest absolute Gasteiger partial charge is 0.257 e. The standard InChI is InChI=1S/C24H30N4O4/c1-16-12-21-27(15-17-4-5-17)22(29)14-24(28(21)25-16)8-10-26(11-9-24)23(30)19-7-6-18(31-2)13-20(19)32-3/h6-7,12-13,17H,4-5,8-11,14-15H2,1-3H3. The molecule has 0 unspecified atom stereocenters. The van der Waals surface area contributed by atoms with Crippen molar-refractivity contribution in [2.24, 2.45) is 5.92 Å². The van der Waals surface area contributed by atoms with E-state index >= 15 is 0 Å². The second-order valence-electron chi connectivity index (χ2n) is 9.26. The van der Waals surface area contributed by atoms with Crippen LogP contribution < -0.4 is 14.4 Å². The van der Waals surface area contributed by atoms with Crippen LogP contribution in [0.25, 0.3) is 0 Å². The average Bonchev–Trinajstić information content (AvgIpc) is 3.54. The van der Waals surface area contributed by atoms with Gasteiger partial charge < -0.3 is 14.4 Å². The van der Waals surface area contributed by atoms with Crippen LogP contribution in [0.2, 0.25) is 0 Å². The van der Waals surface area contributed by atoms with Gasteiger partial charge in [0.05, 0.1) is 37.4 Å². The first-order chi connectivity index (χ1) is 15.4. The highest BCUT2D eigenvalue weighted by Gasteiger charge is 2.47. The van der Waals surface area contributed by atoms with Crippen LogP contribution in [0.1, 0.15) is 48.2 Å². The number of fused-ring (bicyclic) bond motifs is 2. The summed E-state index contributed by atoms with van der Waals surface area (Å²) >= 11 is 0. The van der Waals surface area contributed by atoms with Crippen LogP contribution in [0.15, 0.2) is 24.3 Å². The molecule has 8 nitrogen and oxygen atoms in total. The Bertz CT molecular complexity index is 1050. The number of hydrogen-bond donors (Lipinski definition) is 0. The molecule has 0 N–H and O–H groups in total. The summed E-state index contributed by atoms with van der Waals surface area (Å²) in [5.74, 6) is 2.81. The van der Waals surface area contributed by atoms with Crippen LogP contribution in [0, 0.1) is 12.8 Å². The molecular formula is C24H30N4O4.